The fourth-order valence-electron chi connectivity index (χ4n) is 1.61. The molecule has 0 radical (unpaired) electrons. The summed E-state index contributed by atoms with van der Waals surface area (Å²) in [5.74, 6) is 0.165. The van der Waals surface area contributed by atoms with E-state index < -0.39 is 7.82 Å². The number of hydrogen-bond donors (Lipinski definition) is 3. The van der Waals surface area contributed by atoms with E-state index >= 15 is 0 Å². The molecule has 10 heteroatoms. The van der Waals surface area contributed by atoms with Crippen LogP contribution in [-0.4, -0.2) is 39.4 Å². The molecule has 0 aliphatic rings. The molecule has 0 aliphatic carbocycles. The van der Waals surface area contributed by atoms with Crippen LogP contribution in [0.4, 0.5) is 0 Å². The Morgan fingerprint density at radius 3 is 2.40 bits per heavy atom. The summed E-state index contributed by atoms with van der Waals surface area (Å²) in [5.41, 5.74) is 0.960. The number of H-pyrrole nitrogens is 1. The minimum absolute atomic E-state index is 0.0723. The van der Waals surface area contributed by atoms with Crippen LogP contribution in [0.5, 0.6) is 17.2 Å². The average molecular weight is 301 g/mol. The van der Waals surface area contributed by atoms with Crippen molar-refractivity contribution in [2.24, 2.45) is 0 Å². The monoisotopic (exact) mass is 301 g/mol. The fourth-order valence-corrected chi connectivity index (χ4v) is 2.01. The highest BCUT2D eigenvalue weighted by atomic mass is 31.2. The maximum atomic E-state index is 11.0. The van der Waals surface area contributed by atoms with E-state index in [9.17, 15) is 4.57 Å². The number of benzene rings is 1. The number of aromatic nitrogens is 3. The Morgan fingerprint density at radius 1 is 1.20 bits per heavy atom. The molecule has 2 rings (SSSR count). The lowest BCUT2D eigenvalue weighted by molar-refractivity contribution is 0.273. The Bertz CT molecular complexity index is 639. The van der Waals surface area contributed by atoms with Crippen LogP contribution in [0, 0.1) is 0 Å². The second-order valence-electron chi connectivity index (χ2n) is 3.65. The minimum Gasteiger partial charge on any atom is -0.493 e. The van der Waals surface area contributed by atoms with E-state index in [2.05, 4.69) is 19.9 Å². The highest BCUT2D eigenvalue weighted by Crippen LogP contribution is 2.47. The van der Waals surface area contributed by atoms with Gasteiger partial charge in [-0.1, -0.05) is 0 Å². The van der Waals surface area contributed by atoms with Crippen molar-refractivity contribution in [1.82, 2.24) is 15.4 Å². The molecule has 0 spiro atoms. The summed E-state index contributed by atoms with van der Waals surface area (Å²) in [5, 5.41) is 9.97. The zero-order valence-electron chi connectivity index (χ0n) is 10.6. The van der Waals surface area contributed by atoms with Crippen LogP contribution in [0.1, 0.15) is 0 Å². The Balaban J connectivity index is 2.57. The van der Waals surface area contributed by atoms with E-state index in [0.29, 0.717) is 11.3 Å². The smallest absolute Gasteiger partial charge is 0.493 e. The summed E-state index contributed by atoms with van der Waals surface area (Å²) in [6.45, 7) is 0. The van der Waals surface area contributed by atoms with Crippen molar-refractivity contribution in [3.8, 4) is 28.5 Å². The number of aromatic amines is 1. The fraction of sp³-hybridized carbons (Fsp3) is 0.200. The number of phosphoric ester groups is 1. The van der Waals surface area contributed by atoms with Crippen LogP contribution >= 0.6 is 7.82 Å². The molecule has 0 saturated heterocycles. The summed E-state index contributed by atoms with van der Waals surface area (Å²) in [4.78, 5) is 17.9. The molecule has 0 amide bonds. The van der Waals surface area contributed by atoms with E-state index in [-0.39, 0.29) is 17.2 Å². The molecular formula is C10H12N3O6P. The number of methoxy groups -OCH3 is 2. The third kappa shape index (κ3) is 3.08. The van der Waals surface area contributed by atoms with E-state index in [1.807, 2.05) is 0 Å². The third-order valence-corrected chi connectivity index (χ3v) is 2.81. The SMILES string of the molecule is COc1cc(-c2cn[nH]n2)cc(OP(=O)(O)O)c1OC. The maximum absolute atomic E-state index is 11.0. The van der Waals surface area contributed by atoms with Crippen molar-refractivity contribution >= 4 is 7.82 Å². The van der Waals surface area contributed by atoms with Gasteiger partial charge in [0.1, 0.15) is 5.69 Å². The van der Waals surface area contributed by atoms with Crippen molar-refractivity contribution in [1.29, 1.82) is 0 Å². The van der Waals surface area contributed by atoms with Gasteiger partial charge in [0.25, 0.3) is 0 Å². The predicted molar refractivity (Wildman–Crippen MR) is 67.6 cm³/mol. The number of ether oxygens (including phenoxy) is 2. The second-order valence-corrected chi connectivity index (χ2v) is 4.81. The van der Waals surface area contributed by atoms with Crippen LogP contribution in [0.25, 0.3) is 11.3 Å². The summed E-state index contributed by atoms with van der Waals surface area (Å²) >= 11 is 0. The molecule has 20 heavy (non-hydrogen) atoms. The first-order chi connectivity index (χ1) is 9.44. The molecule has 0 unspecified atom stereocenters. The number of nitrogens with zero attached hydrogens (tertiary/aromatic N) is 2. The molecule has 0 atom stereocenters. The largest absolute Gasteiger partial charge is 0.524 e. The molecule has 0 bridgehead atoms. The average Bonchev–Trinajstić information content (AvgIpc) is 2.89. The van der Waals surface area contributed by atoms with Crippen molar-refractivity contribution in [2.45, 2.75) is 0 Å². The highest BCUT2D eigenvalue weighted by Gasteiger charge is 2.23. The molecule has 0 fully saturated rings. The summed E-state index contributed by atoms with van der Waals surface area (Å²) in [6, 6.07) is 2.96. The number of rotatable bonds is 5. The molecule has 1 heterocycles. The zero-order chi connectivity index (χ0) is 14.8. The predicted octanol–water partition coefficient (Wildman–Crippen LogP) is 0.960. The quantitative estimate of drug-likeness (QED) is 0.697. The number of nitrogens with one attached hydrogen (secondary N) is 1. The van der Waals surface area contributed by atoms with Crippen molar-refractivity contribution in [3.63, 3.8) is 0 Å². The zero-order valence-corrected chi connectivity index (χ0v) is 11.5. The molecule has 2 aromatic rings. The van der Waals surface area contributed by atoms with Gasteiger partial charge >= 0.3 is 7.82 Å². The summed E-state index contributed by atoms with van der Waals surface area (Å²) in [6.07, 6.45) is 1.45. The van der Waals surface area contributed by atoms with Gasteiger partial charge < -0.3 is 14.0 Å². The van der Waals surface area contributed by atoms with E-state index in [1.54, 1.807) is 6.07 Å². The molecule has 0 saturated carbocycles. The lowest BCUT2D eigenvalue weighted by Crippen LogP contribution is -1.97. The van der Waals surface area contributed by atoms with Gasteiger partial charge in [0, 0.05) is 5.56 Å². The first-order valence-electron chi connectivity index (χ1n) is 5.32. The van der Waals surface area contributed by atoms with Crippen molar-refractivity contribution in [2.75, 3.05) is 14.2 Å². The van der Waals surface area contributed by atoms with Gasteiger partial charge in [0.2, 0.25) is 5.75 Å². The molecule has 0 aliphatic heterocycles. The van der Waals surface area contributed by atoms with Crippen LogP contribution in [-0.2, 0) is 4.57 Å². The van der Waals surface area contributed by atoms with Crippen LogP contribution in [0.3, 0.4) is 0 Å². The van der Waals surface area contributed by atoms with Gasteiger partial charge in [-0.25, -0.2) is 4.57 Å². The molecule has 108 valence electrons. The van der Waals surface area contributed by atoms with Crippen LogP contribution < -0.4 is 14.0 Å². The van der Waals surface area contributed by atoms with Crippen LogP contribution in [0.15, 0.2) is 18.3 Å². The van der Waals surface area contributed by atoms with Crippen LogP contribution in [0.2, 0.25) is 0 Å². The molecule has 1 aromatic carbocycles. The van der Waals surface area contributed by atoms with Gasteiger partial charge in [-0.2, -0.15) is 15.4 Å². The summed E-state index contributed by atoms with van der Waals surface area (Å²) in [7, 11) is -2.01. The standard InChI is InChI=1S/C10H12N3O6P/c1-17-8-3-6(7-5-11-13-12-7)4-9(10(8)18-2)19-20(14,15)16/h3-5H,1-2H3,(H,11,12,13)(H2,14,15,16). The number of hydrogen-bond acceptors (Lipinski definition) is 6. The molecule has 9 nitrogen and oxygen atoms in total. The van der Waals surface area contributed by atoms with E-state index in [1.165, 1.54) is 26.5 Å². The highest BCUT2D eigenvalue weighted by molar-refractivity contribution is 7.46. The Labute approximate surface area is 113 Å². The molecular weight excluding hydrogens is 289 g/mol. The van der Waals surface area contributed by atoms with Gasteiger partial charge in [-0.3, -0.25) is 9.79 Å². The second kappa shape index (κ2) is 5.49. The Hall–Kier alpha value is -2.09. The summed E-state index contributed by atoms with van der Waals surface area (Å²) < 4.78 is 25.8. The third-order valence-electron chi connectivity index (χ3n) is 2.37. The molecule has 1 aromatic heterocycles. The topological polar surface area (TPSA) is 127 Å². The van der Waals surface area contributed by atoms with Gasteiger partial charge in [-0.05, 0) is 12.1 Å². The Morgan fingerprint density at radius 2 is 1.90 bits per heavy atom. The minimum atomic E-state index is -4.73. The maximum Gasteiger partial charge on any atom is 0.524 e. The van der Waals surface area contributed by atoms with Crippen molar-refractivity contribution < 1.29 is 28.3 Å². The first kappa shape index (κ1) is 14.3. The lowest BCUT2D eigenvalue weighted by Gasteiger charge is -2.15. The van der Waals surface area contributed by atoms with Gasteiger partial charge in [-0.15, -0.1) is 0 Å². The normalized spacial score (nSPS) is 11.2. The number of phosphoric acid groups is 1. The lowest BCUT2D eigenvalue weighted by atomic mass is 10.1. The first-order valence-corrected chi connectivity index (χ1v) is 6.85. The molecule has 3 N–H and O–H groups in total. The van der Waals surface area contributed by atoms with E-state index in [4.69, 9.17) is 19.3 Å². The van der Waals surface area contributed by atoms with Gasteiger partial charge in [0.15, 0.2) is 11.5 Å². The van der Waals surface area contributed by atoms with Gasteiger partial charge in [0.05, 0.1) is 20.4 Å². The van der Waals surface area contributed by atoms with E-state index in [0.717, 1.165) is 0 Å². The Kier molecular flexibility index (Phi) is 3.93. The van der Waals surface area contributed by atoms with Crippen molar-refractivity contribution in [3.05, 3.63) is 18.3 Å².